The molecule has 3 rings (SSSR count). The average Bonchev–Trinajstić information content (AvgIpc) is 3.32. The fourth-order valence-corrected chi connectivity index (χ4v) is 3.86. The van der Waals surface area contributed by atoms with Gasteiger partial charge in [-0.3, -0.25) is 4.79 Å². The van der Waals surface area contributed by atoms with Gasteiger partial charge >= 0.3 is 0 Å². The smallest absolute Gasteiger partial charge is 0.240 e. The van der Waals surface area contributed by atoms with Gasteiger partial charge in [0.25, 0.3) is 0 Å². The standard InChI is InChI=1S/C16H20N2O3S/c19-16(12-5-2-1-3-6-12)17-14-7-4-8-15(11-14)22(20,21)18-13-9-10-13/h1-2,4,7-8,11-13,18H,3,5-6,9-10H2,(H,17,19). The Balaban J connectivity index is 1.70. The van der Waals surface area contributed by atoms with Gasteiger partial charge in [-0.05, 0) is 50.3 Å². The summed E-state index contributed by atoms with van der Waals surface area (Å²) in [5.74, 6) is -0.0797. The summed E-state index contributed by atoms with van der Waals surface area (Å²) < 4.78 is 27.0. The van der Waals surface area contributed by atoms with Crippen LogP contribution in [-0.4, -0.2) is 20.4 Å². The van der Waals surface area contributed by atoms with Crippen molar-refractivity contribution in [3.8, 4) is 0 Å². The van der Waals surface area contributed by atoms with Gasteiger partial charge in [-0.1, -0.05) is 18.2 Å². The lowest BCUT2D eigenvalue weighted by atomic mass is 9.93. The molecule has 1 atom stereocenters. The predicted molar refractivity (Wildman–Crippen MR) is 84.9 cm³/mol. The van der Waals surface area contributed by atoms with Crippen LogP contribution in [0.4, 0.5) is 5.69 Å². The summed E-state index contributed by atoms with van der Waals surface area (Å²) in [7, 11) is -3.49. The van der Waals surface area contributed by atoms with E-state index in [-0.39, 0.29) is 22.8 Å². The van der Waals surface area contributed by atoms with E-state index in [1.165, 1.54) is 6.07 Å². The molecule has 1 saturated carbocycles. The highest BCUT2D eigenvalue weighted by Crippen LogP contribution is 2.24. The third kappa shape index (κ3) is 3.75. The topological polar surface area (TPSA) is 75.3 Å². The summed E-state index contributed by atoms with van der Waals surface area (Å²) in [6.45, 7) is 0. The van der Waals surface area contributed by atoms with Crippen molar-refractivity contribution in [2.45, 2.75) is 43.0 Å². The summed E-state index contributed by atoms with van der Waals surface area (Å²) in [5, 5.41) is 2.83. The van der Waals surface area contributed by atoms with Crippen LogP contribution in [0.25, 0.3) is 0 Å². The van der Waals surface area contributed by atoms with Crippen LogP contribution < -0.4 is 10.0 Å². The Morgan fingerprint density at radius 2 is 1.95 bits per heavy atom. The maximum Gasteiger partial charge on any atom is 0.240 e. The number of amides is 1. The van der Waals surface area contributed by atoms with E-state index >= 15 is 0 Å². The molecule has 2 N–H and O–H groups in total. The molecule has 0 spiro atoms. The number of hydrogen-bond acceptors (Lipinski definition) is 3. The average molecular weight is 320 g/mol. The van der Waals surface area contributed by atoms with E-state index in [2.05, 4.69) is 16.1 Å². The van der Waals surface area contributed by atoms with Crippen molar-refractivity contribution >= 4 is 21.6 Å². The second-order valence-electron chi connectivity index (χ2n) is 5.89. The van der Waals surface area contributed by atoms with Crippen molar-refractivity contribution < 1.29 is 13.2 Å². The largest absolute Gasteiger partial charge is 0.326 e. The van der Waals surface area contributed by atoms with E-state index < -0.39 is 10.0 Å². The fraction of sp³-hybridized carbons (Fsp3) is 0.438. The molecule has 0 aliphatic heterocycles. The molecule has 1 amide bonds. The number of carbonyl (C=O) groups excluding carboxylic acids is 1. The lowest BCUT2D eigenvalue weighted by Crippen LogP contribution is -2.26. The van der Waals surface area contributed by atoms with Crippen molar-refractivity contribution in [3.05, 3.63) is 36.4 Å². The SMILES string of the molecule is O=C(Nc1cccc(S(=O)(=O)NC2CC2)c1)C1CC=CCC1. The molecule has 2 aliphatic carbocycles. The van der Waals surface area contributed by atoms with Crippen LogP contribution >= 0.6 is 0 Å². The van der Waals surface area contributed by atoms with Crippen LogP contribution in [0.5, 0.6) is 0 Å². The Bertz CT molecular complexity index is 693. The monoisotopic (exact) mass is 320 g/mol. The first-order valence-electron chi connectivity index (χ1n) is 7.63. The minimum Gasteiger partial charge on any atom is -0.326 e. The van der Waals surface area contributed by atoms with E-state index in [0.29, 0.717) is 5.69 Å². The third-order valence-corrected chi connectivity index (χ3v) is 5.47. The molecule has 2 aliphatic rings. The van der Waals surface area contributed by atoms with Crippen molar-refractivity contribution in [3.63, 3.8) is 0 Å². The van der Waals surface area contributed by atoms with Gasteiger partial charge < -0.3 is 5.32 Å². The first-order chi connectivity index (χ1) is 10.5. The molecule has 1 aromatic rings. The van der Waals surface area contributed by atoms with Crippen LogP contribution in [0.2, 0.25) is 0 Å². The maximum absolute atomic E-state index is 12.2. The third-order valence-electron chi connectivity index (χ3n) is 3.95. The Labute approximate surface area is 130 Å². The molecule has 0 aromatic heterocycles. The summed E-state index contributed by atoms with van der Waals surface area (Å²) in [6.07, 6.45) is 8.39. The van der Waals surface area contributed by atoms with Crippen LogP contribution in [0.3, 0.4) is 0 Å². The second-order valence-corrected chi connectivity index (χ2v) is 7.61. The summed E-state index contributed by atoms with van der Waals surface area (Å²) in [6, 6.07) is 6.49. The Hall–Kier alpha value is -1.66. The van der Waals surface area contributed by atoms with Crippen LogP contribution in [0, 0.1) is 5.92 Å². The van der Waals surface area contributed by atoms with Crippen LogP contribution in [0.15, 0.2) is 41.3 Å². The molecule has 22 heavy (non-hydrogen) atoms. The van der Waals surface area contributed by atoms with Crippen LogP contribution in [-0.2, 0) is 14.8 Å². The van der Waals surface area contributed by atoms with Gasteiger partial charge in [0, 0.05) is 17.6 Å². The Kier molecular flexibility index (Phi) is 4.31. The first kappa shape index (κ1) is 15.2. The van der Waals surface area contributed by atoms with Crippen molar-refractivity contribution in [2.75, 3.05) is 5.32 Å². The summed E-state index contributed by atoms with van der Waals surface area (Å²) in [4.78, 5) is 12.4. The van der Waals surface area contributed by atoms with E-state index in [1.807, 2.05) is 6.08 Å². The number of benzene rings is 1. The molecule has 1 unspecified atom stereocenters. The molecule has 5 nitrogen and oxygen atoms in total. The maximum atomic E-state index is 12.2. The predicted octanol–water partition coefficient (Wildman–Crippen LogP) is 2.42. The molecule has 6 heteroatoms. The normalized spacial score (nSPS) is 21.5. The first-order valence-corrected chi connectivity index (χ1v) is 9.11. The van der Waals surface area contributed by atoms with E-state index in [4.69, 9.17) is 0 Å². The van der Waals surface area contributed by atoms with Crippen molar-refractivity contribution in [1.82, 2.24) is 4.72 Å². The molecule has 0 bridgehead atoms. The van der Waals surface area contributed by atoms with E-state index in [1.54, 1.807) is 18.2 Å². The van der Waals surface area contributed by atoms with Crippen LogP contribution in [0.1, 0.15) is 32.1 Å². The number of allylic oxidation sites excluding steroid dienone is 2. The minimum absolute atomic E-state index is 0.0325. The molecular weight excluding hydrogens is 300 g/mol. The summed E-state index contributed by atoms with van der Waals surface area (Å²) >= 11 is 0. The molecule has 0 heterocycles. The molecule has 118 valence electrons. The quantitative estimate of drug-likeness (QED) is 0.818. The molecule has 0 radical (unpaired) electrons. The molecule has 0 saturated heterocycles. The number of hydrogen-bond donors (Lipinski definition) is 2. The van der Waals surface area contributed by atoms with Gasteiger partial charge in [0.15, 0.2) is 0 Å². The number of nitrogens with one attached hydrogen (secondary N) is 2. The van der Waals surface area contributed by atoms with Crippen molar-refractivity contribution in [1.29, 1.82) is 0 Å². The van der Waals surface area contributed by atoms with Gasteiger partial charge in [0.05, 0.1) is 4.90 Å². The zero-order chi connectivity index (χ0) is 15.6. The lowest BCUT2D eigenvalue weighted by molar-refractivity contribution is -0.120. The highest BCUT2D eigenvalue weighted by Gasteiger charge is 2.28. The highest BCUT2D eigenvalue weighted by molar-refractivity contribution is 7.89. The highest BCUT2D eigenvalue weighted by atomic mass is 32.2. The van der Waals surface area contributed by atoms with Gasteiger partial charge in [0.2, 0.25) is 15.9 Å². The number of rotatable bonds is 5. The molecule has 1 fully saturated rings. The van der Waals surface area contributed by atoms with Crippen molar-refractivity contribution in [2.24, 2.45) is 5.92 Å². The Morgan fingerprint density at radius 3 is 2.64 bits per heavy atom. The minimum atomic E-state index is -3.49. The second kappa shape index (κ2) is 6.22. The molecule has 1 aromatic carbocycles. The number of carbonyl (C=O) groups is 1. The summed E-state index contributed by atoms with van der Waals surface area (Å²) in [5.41, 5.74) is 0.526. The van der Waals surface area contributed by atoms with Gasteiger partial charge in [0.1, 0.15) is 0 Å². The van der Waals surface area contributed by atoms with Gasteiger partial charge in [-0.15, -0.1) is 0 Å². The number of sulfonamides is 1. The van der Waals surface area contributed by atoms with E-state index in [9.17, 15) is 13.2 Å². The number of anilines is 1. The van der Waals surface area contributed by atoms with E-state index in [0.717, 1.165) is 32.1 Å². The fourth-order valence-electron chi connectivity index (χ4n) is 2.51. The Morgan fingerprint density at radius 1 is 1.14 bits per heavy atom. The van der Waals surface area contributed by atoms with Gasteiger partial charge in [-0.2, -0.15) is 0 Å². The lowest BCUT2D eigenvalue weighted by Gasteiger charge is -2.17. The zero-order valence-corrected chi connectivity index (χ0v) is 13.1. The molecular formula is C16H20N2O3S. The van der Waals surface area contributed by atoms with Gasteiger partial charge in [-0.25, -0.2) is 13.1 Å². The zero-order valence-electron chi connectivity index (χ0n) is 12.3.